The van der Waals surface area contributed by atoms with Crippen LogP contribution in [0, 0.1) is 11.8 Å². The van der Waals surface area contributed by atoms with Crippen LogP contribution in [0.5, 0.6) is 0 Å². The second-order valence-electron chi connectivity index (χ2n) is 4.86. The van der Waals surface area contributed by atoms with Crippen molar-refractivity contribution >= 4 is 5.91 Å². The van der Waals surface area contributed by atoms with Crippen molar-refractivity contribution in [2.75, 3.05) is 0 Å². The molecule has 0 fully saturated rings. The van der Waals surface area contributed by atoms with Gasteiger partial charge in [-0.15, -0.1) is 0 Å². The van der Waals surface area contributed by atoms with Gasteiger partial charge in [-0.25, -0.2) is 0 Å². The molecule has 16 heavy (non-hydrogen) atoms. The van der Waals surface area contributed by atoms with E-state index in [1.54, 1.807) is 6.08 Å². The van der Waals surface area contributed by atoms with Gasteiger partial charge in [-0.1, -0.05) is 58.3 Å². The molecule has 0 aliphatic heterocycles. The monoisotopic (exact) mass is 223 g/mol. The van der Waals surface area contributed by atoms with Gasteiger partial charge in [0.1, 0.15) is 0 Å². The van der Waals surface area contributed by atoms with Crippen LogP contribution in [0.1, 0.15) is 46.5 Å². The molecular formula is C14H25NO. The smallest absolute Gasteiger partial charge is 0.241 e. The lowest BCUT2D eigenvalue weighted by Crippen LogP contribution is -2.04. The molecule has 92 valence electrons. The van der Waals surface area contributed by atoms with Gasteiger partial charge in [0, 0.05) is 6.08 Å². The predicted octanol–water partition coefficient (Wildman–Crippen LogP) is 3.44. The van der Waals surface area contributed by atoms with E-state index in [1.807, 2.05) is 6.08 Å². The fourth-order valence-electron chi connectivity index (χ4n) is 1.53. The molecule has 1 atom stereocenters. The Balaban J connectivity index is 3.56. The van der Waals surface area contributed by atoms with E-state index in [-0.39, 0.29) is 0 Å². The molecule has 0 saturated carbocycles. The number of nitrogens with two attached hydrogens (primary N) is 1. The Morgan fingerprint density at radius 3 is 2.44 bits per heavy atom. The molecule has 2 heteroatoms. The topological polar surface area (TPSA) is 43.1 Å². The van der Waals surface area contributed by atoms with Crippen LogP contribution in [-0.2, 0) is 4.79 Å². The molecule has 0 rings (SSSR count). The molecule has 0 aromatic carbocycles. The first-order valence-corrected chi connectivity index (χ1v) is 6.15. The van der Waals surface area contributed by atoms with Gasteiger partial charge in [0.25, 0.3) is 0 Å². The quantitative estimate of drug-likeness (QED) is 0.497. The third kappa shape index (κ3) is 11.0. The molecule has 0 aromatic rings. The highest BCUT2D eigenvalue weighted by molar-refractivity contribution is 5.85. The number of hydrogen-bond acceptors (Lipinski definition) is 1. The minimum absolute atomic E-state index is 0.394. The summed E-state index contributed by atoms with van der Waals surface area (Å²) < 4.78 is 0. The summed E-state index contributed by atoms with van der Waals surface area (Å²) in [5, 5.41) is 0. The standard InChI is InChI=1S/C14H25NO/c1-12(2)8-7-10-13(3)9-5-4-6-11-14(15)16/h4-6,11-13H,7-10H2,1-3H3,(H2,15,16). The molecule has 0 bridgehead atoms. The summed E-state index contributed by atoms with van der Waals surface area (Å²) in [5.74, 6) is 1.13. The van der Waals surface area contributed by atoms with E-state index in [0.717, 1.165) is 18.3 Å². The number of primary amides is 1. The zero-order valence-electron chi connectivity index (χ0n) is 10.8. The zero-order valence-corrected chi connectivity index (χ0v) is 10.8. The number of carbonyl (C=O) groups excluding carboxylic acids is 1. The lowest BCUT2D eigenvalue weighted by atomic mass is 9.97. The molecule has 1 amide bonds. The highest BCUT2D eigenvalue weighted by atomic mass is 16.1. The third-order valence-electron chi connectivity index (χ3n) is 2.52. The summed E-state index contributed by atoms with van der Waals surface area (Å²) in [6.45, 7) is 6.79. The van der Waals surface area contributed by atoms with E-state index in [0.29, 0.717) is 0 Å². The lowest BCUT2D eigenvalue weighted by molar-refractivity contribution is -0.113. The van der Waals surface area contributed by atoms with E-state index < -0.39 is 5.91 Å². The fourth-order valence-corrected chi connectivity index (χ4v) is 1.53. The summed E-state index contributed by atoms with van der Waals surface area (Å²) in [6.07, 6.45) is 12.0. The van der Waals surface area contributed by atoms with Crippen LogP contribution >= 0.6 is 0 Å². The average molecular weight is 223 g/mol. The highest BCUT2D eigenvalue weighted by Crippen LogP contribution is 2.15. The van der Waals surface area contributed by atoms with Crippen molar-refractivity contribution in [3.05, 3.63) is 24.3 Å². The van der Waals surface area contributed by atoms with Crippen molar-refractivity contribution < 1.29 is 4.79 Å². The highest BCUT2D eigenvalue weighted by Gasteiger charge is 2.00. The molecule has 0 aromatic heterocycles. The van der Waals surface area contributed by atoms with Crippen molar-refractivity contribution in [3.63, 3.8) is 0 Å². The molecule has 0 heterocycles. The molecule has 0 aliphatic rings. The summed E-state index contributed by atoms with van der Waals surface area (Å²) in [5.41, 5.74) is 4.97. The first-order valence-electron chi connectivity index (χ1n) is 6.15. The number of rotatable bonds is 8. The van der Waals surface area contributed by atoms with Gasteiger partial charge in [0.05, 0.1) is 0 Å². The minimum Gasteiger partial charge on any atom is -0.366 e. The molecule has 2 N–H and O–H groups in total. The zero-order chi connectivity index (χ0) is 12.4. The van der Waals surface area contributed by atoms with Crippen LogP contribution in [0.15, 0.2) is 24.3 Å². The second kappa shape index (κ2) is 9.20. The molecule has 1 unspecified atom stereocenters. The van der Waals surface area contributed by atoms with Gasteiger partial charge in [-0.05, 0) is 18.3 Å². The van der Waals surface area contributed by atoms with Crippen molar-refractivity contribution in [2.45, 2.75) is 46.5 Å². The maximum absolute atomic E-state index is 10.4. The van der Waals surface area contributed by atoms with E-state index in [1.165, 1.54) is 25.3 Å². The Kier molecular flexibility index (Phi) is 8.59. The number of carbonyl (C=O) groups is 1. The van der Waals surface area contributed by atoms with Gasteiger partial charge in [0.2, 0.25) is 5.91 Å². The van der Waals surface area contributed by atoms with Crippen LogP contribution in [-0.4, -0.2) is 5.91 Å². The summed E-state index contributed by atoms with van der Waals surface area (Å²) in [6, 6.07) is 0. The first-order chi connectivity index (χ1) is 7.52. The van der Waals surface area contributed by atoms with Crippen molar-refractivity contribution in [1.29, 1.82) is 0 Å². The normalized spacial score (nSPS) is 14.0. The Labute approximate surface area is 99.6 Å². The van der Waals surface area contributed by atoms with Crippen LogP contribution in [0.4, 0.5) is 0 Å². The SMILES string of the molecule is CC(C)CCCC(C)CC=CC=CC(N)=O. The Morgan fingerprint density at radius 1 is 1.19 bits per heavy atom. The fraction of sp³-hybridized carbons (Fsp3) is 0.643. The Morgan fingerprint density at radius 2 is 1.88 bits per heavy atom. The number of hydrogen-bond donors (Lipinski definition) is 1. The van der Waals surface area contributed by atoms with Gasteiger partial charge in [-0.2, -0.15) is 0 Å². The van der Waals surface area contributed by atoms with E-state index in [9.17, 15) is 4.79 Å². The first kappa shape index (κ1) is 14.9. The van der Waals surface area contributed by atoms with Crippen molar-refractivity contribution in [3.8, 4) is 0 Å². The number of allylic oxidation sites excluding steroid dienone is 3. The van der Waals surface area contributed by atoms with Gasteiger partial charge in [-0.3, -0.25) is 4.79 Å². The minimum atomic E-state index is -0.394. The van der Waals surface area contributed by atoms with Gasteiger partial charge in [0.15, 0.2) is 0 Å². The van der Waals surface area contributed by atoms with E-state index in [2.05, 4.69) is 26.8 Å². The van der Waals surface area contributed by atoms with Crippen molar-refractivity contribution in [2.24, 2.45) is 17.6 Å². The van der Waals surface area contributed by atoms with Crippen LogP contribution in [0.3, 0.4) is 0 Å². The van der Waals surface area contributed by atoms with E-state index >= 15 is 0 Å². The molecule has 0 radical (unpaired) electrons. The molecule has 0 aliphatic carbocycles. The molecule has 0 spiro atoms. The molecular weight excluding hydrogens is 198 g/mol. The van der Waals surface area contributed by atoms with Crippen LogP contribution in [0.2, 0.25) is 0 Å². The number of amides is 1. The second-order valence-corrected chi connectivity index (χ2v) is 4.86. The van der Waals surface area contributed by atoms with E-state index in [4.69, 9.17) is 5.73 Å². The average Bonchev–Trinajstić information content (AvgIpc) is 2.16. The molecule has 2 nitrogen and oxygen atoms in total. The van der Waals surface area contributed by atoms with Crippen LogP contribution in [0.25, 0.3) is 0 Å². The van der Waals surface area contributed by atoms with Gasteiger partial charge >= 0.3 is 0 Å². The largest absolute Gasteiger partial charge is 0.366 e. The van der Waals surface area contributed by atoms with Crippen LogP contribution < -0.4 is 5.73 Å². The third-order valence-corrected chi connectivity index (χ3v) is 2.52. The Bertz CT molecular complexity index is 241. The Hall–Kier alpha value is -1.05. The lowest BCUT2D eigenvalue weighted by Gasteiger charge is -2.09. The summed E-state index contributed by atoms with van der Waals surface area (Å²) in [4.78, 5) is 10.4. The maximum atomic E-state index is 10.4. The summed E-state index contributed by atoms with van der Waals surface area (Å²) >= 11 is 0. The van der Waals surface area contributed by atoms with Gasteiger partial charge < -0.3 is 5.73 Å². The summed E-state index contributed by atoms with van der Waals surface area (Å²) in [7, 11) is 0. The van der Waals surface area contributed by atoms with Crippen molar-refractivity contribution in [1.82, 2.24) is 0 Å². The maximum Gasteiger partial charge on any atom is 0.241 e. The molecule has 0 saturated heterocycles. The predicted molar refractivity (Wildman–Crippen MR) is 69.9 cm³/mol.